The van der Waals surface area contributed by atoms with Crippen LogP contribution in [0.25, 0.3) is 11.0 Å². The van der Waals surface area contributed by atoms with E-state index in [4.69, 9.17) is 0 Å². The molecule has 0 aliphatic rings. The average molecular weight is 452 g/mol. The van der Waals surface area contributed by atoms with Crippen molar-refractivity contribution in [2.45, 2.75) is 32.9 Å². The summed E-state index contributed by atoms with van der Waals surface area (Å²) in [4.78, 5) is 37.8. The molecule has 0 radical (unpaired) electrons. The third kappa shape index (κ3) is 5.59. The van der Waals surface area contributed by atoms with Crippen LogP contribution < -0.4 is 16.4 Å². The van der Waals surface area contributed by atoms with Gasteiger partial charge in [0, 0.05) is 18.7 Å². The van der Waals surface area contributed by atoms with Gasteiger partial charge in [-0.2, -0.15) is 11.8 Å². The van der Waals surface area contributed by atoms with Crippen LogP contribution >= 0.6 is 11.8 Å². The summed E-state index contributed by atoms with van der Waals surface area (Å²) in [5, 5.41) is 2.94. The van der Waals surface area contributed by atoms with Gasteiger partial charge in [-0.1, -0.05) is 37.3 Å². The molecular formula is C25H29N3O3S. The average Bonchev–Trinajstić information content (AvgIpc) is 2.82. The summed E-state index contributed by atoms with van der Waals surface area (Å²) < 4.78 is 2.93. The molecular weight excluding hydrogens is 422 g/mol. The summed E-state index contributed by atoms with van der Waals surface area (Å²) in [6.45, 7) is 7.02. The van der Waals surface area contributed by atoms with Crippen molar-refractivity contribution < 1.29 is 4.79 Å². The fraction of sp³-hybridized carbons (Fsp3) is 0.320. The monoisotopic (exact) mass is 451 g/mol. The maximum absolute atomic E-state index is 12.8. The number of rotatable bonds is 11. The molecule has 0 aliphatic carbocycles. The topological polar surface area (TPSA) is 73.1 Å². The Morgan fingerprint density at radius 2 is 1.66 bits per heavy atom. The van der Waals surface area contributed by atoms with Crippen molar-refractivity contribution in [3.8, 4) is 0 Å². The molecule has 6 nitrogen and oxygen atoms in total. The molecule has 32 heavy (non-hydrogen) atoms. The SMILES string of the molecule is C=CCn1c(=O)c(=O)n(Cc2ccc(C(=O)NCCCSCCC)cc2)c2ccccc21. The number of para-hydroxylation sites is 2. The van der Waals surface area contributed by atoms with Crippen molar-refractivity contribution in [2.24, 2.45) is 0 Å². The molecule has 168 valence electrons. The standard InChI is InChI=1S/C25H29N3O3S/c1-3-15-27-21-8-5-6-9-22(21)28(25(31)24(27)30)18-19-10-12-20(13-11-19)23(29)26-14-7-17-32-16-4-2/h3,5-6,8-13H,1,4,7,14-18H2,2H3,(H,26,29). The van der Waals surface area contributed by atoms with Crippen LogP contribution in [0.3, 0.4) is 0 Å². The number of allylic oxidation sites excluding steroid dienone is 1. The number of thioether (sulfide) groups is 1. The zero-order valence-electron chi connectivity index (χ0n) is 18.4. The van der Waals surface area contributed by atoms with Crippen LogP contribution in [0.15, 0.2) is 70.8 Å². The second kappa shape index (κ2) is 11.5. The Labute approximate surface area is 192 Å². The fourth-order valence-corrected chi connectivity index (χ4v) is 4.35. The zero-order chi connectivity index (χ0) is 22.9. The molecule has 1 aromatic heterocycles. The lowest BCUT2D eigenvalue weighted by molar-refractivity contribution is 0.0954. The minimum Gasteiger partial charge on any atom is -0.352 e. The van der Waals surface area contributed by atoms with Gasteiger partial charge < -0.3 is 5.32 Å². The molecule has 0 aliphatic heterocycles. The Bertz CT molecular complexity index is 1200. The maximum Gasteiger partial charge on any atom is 0.317 e. The molecule has 2 aromatic carbocycles. The molecule has 1 amide bonds. The number of aromatic nitrogens is 2. The number of carbonyl (C=O) groups excluding carboxylic acids is 1. The van der Waals surface area contributed by atoms with Gasteiger partial charge in [0.05, 0.1) is 17.6 Å². The van der Waals surface area contributed by atoms with E-state index in [0.717, 1.165) is 23.5 Å². The van der Waals surface area contributed by atoms with Gasteiger partial charge in [0.2, 0.25) is 0 Å². The van der Waals surface area contributed by atoms with Crippen molar-refractivity contribution in [1.29, 1.82) is 0 Å². The summed E-state index contributed by atoms with van der Waals surface area (Å²) in [7, 11) is 0. The Balaban J connectivity index is 1.75. The Hall–Kier alpha value is -3.06. The smallest absolute Gasteiger partial charge is 0.317 e. The molecule has 3 aromatic rings. The second-order valence-electron chi connectivity index (χ2n) is 7.50. The van der Waals surface area contributed by atoms with Gasteiger partial charge in [-0.25, -0.2) is 0 Å². The molecule has 3 rings (SSSR count). The molecule has 0 fully saturated rings. The molecule has 0 spiro atoms. The lowest BCUT2D eigenvalue weighted by atomic mass is 10.1. The fourth-order valence-electron chi connectivity index (χ4n) is 3.51. The number of fused-ring (bicyclic) bond motifs is 1. The normalized spacial score (nSPS) is 10.9. The lowest BCUT2D eigenvalue weighted by Gasteiger charge is -2.14. The van der Waals surface area contributed by atoms with E-state index in [9.17, 15) is 14.4 Å². The van der Waals surface area contributed by atoms with Crippen LogP contribution in [0.5, 0.6) is 0 Å². The summed E-state index contributed by atoms with van der Waals surface area (Å²) in [6, 6.07) is 14.5. The minimum absolute atomic E-state index is 0.105. The highest BCUT2D eigenvalue weighted by Gasteiger charge is 2.13. The first-order chi connectivity index (χ1) is 15.6. The van der Waals surface area contributed by atoms with Crippen LogP contribution in [0, 0.1) is 0 Å². The number of nitrogens with zero attached hydrogens (tertiary/aromatic N) is 2. The van der Waals surface area contributed by atoms with E-state index in [1.54, 1.807) is 18.2 Å². The maximum atomic E-state index is 12.8. The van der Waals surface area contributed by atoms with E-state index in [0.29, 0.717) is 23.1 Å². The number of nitrogens with one attached hydrogen (secondary N) is 1. The number of benzene rings is 2. The molecule has 7 heteroatoms. The van der Waals surface area contributed by atoms with E-state index in [1.807, 2.05) is 48.2 Å². The van der Waals surface area contributed by atoms with Crippen molar-refractivity contribution in [2.75, 3.05) is 18.1 Å². The molecule has 0 unspecified atom stereocenters. The van der Waals surface area contributed by atoms with E-state index in [2.05, 4.69) is 18.8 Å². The van der Waals surface area contributed by atoms with Crippen LogP contribution in [-0.2, 0) is 13.1 Å². The molecule has 1 heterocycles. The van der Waals surface area contributed by atoms with Gasteiger partial charge in [0.25, 0.3) is 5.91 Å². The molecule has 0 saturated heterocycles. The number of hydrogen-bond acceptors (Lipinski definition) is 4. The highest BCUT2D eigenvalue weighted by Crippen LogP contribution is 2.13. The van der Waals surface area contributed by atoms with Crippen LogP contribution in [0.2, 0.25) is 0 Å². The van der Waals surface area contributed by atoms with Crippen LogP contribution in [0.1, 0.15) is 35.7 Å². The Kier molecular flexibility index (Phi) is 8.50. The third-order valence-electron chi connectivity index (χ3n) is 5.10. The number of hydrogen-bond donors (Lipinski definition) is 1. The second-order valence-corrected chi connectivity index (χ2v) is 8.73. The number of amides is 1. The van der Waals surface area contributed by atoms with Crippen molar-refractivity contribution >= 4 is 28.7 Å². The van der Waals surface area contributed by atoms with Gasteiger partial charge >= 0.3 is 11.1 Å². The van der Waals surface area contributed by atoms with Crippen molar-refractivity contribution in [3.05, 3.63) is 93.0 Å². The summed E-state index contributed by atoms with van der Waals surface area (Å²) in [5.41, 5.74) is 1.64. The highest BCUT2D eigenvalue weighted by atomic mass is 32.2. The van der Waals surface area contributed by atoms with E-state index < -0.39 is 11.1 Å². The predicted molar refractivity (Wildman–Crippen MR) is 133 cm³/mol. The van der Waals surface area contributed by atoms with Crippen LogP contribution in [0.4, 0.5) is 0 Å². The molecule has 0 saturated carbocycles. The predicted octanol–water partition coefficient (Wildman–Crippen LogP) is 3.66. The van der Waals surface area contributed by atoms with Gasteiger partial charge in [-0.15, -0.1) is 6.58 Å². The van der Waals surface area contributed by atoms with Gasteiger partial charge in [-0.05, 0) is 54.2 Å². The molecule has 0 bridgehead atoms. The number of carbonyl (C=O) groups is 1. The Morgan fingerprint density at radius 1 is 1.00 bits per heavy atom. The van der Waals surface area contributed by atoms with Crippen LogP contribution in [-0.4, -0.2) is 33.1 Å². The van der Waals surface area contributed by atoms with Crippen molar-refractivity contribution in [3.63, 3.8) is 0 Å². The molecule has 0 atom stereocenters. The van der Waals surface area contributed by atoms with Gasteiger partial charge in [0.1, 0.15) is 0 Å². The van der Waals surface area contributed by atoms with E-state index in [1.165, 1.54) is 15.6 Å². The van der Waals surface area contributed by atoms with E-state index >= 15 is 0 Å². The third-order valence-corrected chi connectivity index (χ3v) is 6.38. The van der Waals surface area contributed by atoms with Gasteiger partial charge in [0.15, 0.2) is 0 Å². The summed E-state index contributed by atoms with van der Waals surface area (Å²) in [6.07, 6.45) is 3.71. The summed E-state index contributed by atoms with van der Waals surface area (Å²) >= 11 is 1.90. The van der Waals surface area contributed by atoms with Crippen molar-refractivity contribution in [1.82, 2.24) is 14.5 Å². The molecule has 1 N–H and O–H groups in total. The highest BCUT2D eigenvalue weighted by molar-refractivity contribution is 7.99. The Morgan fingerprint density at radius 3 is 2.31 bits per heavy atom. The minimum atomic E-state index is -0.576. The van der Waals surface area contributed by atoms with Gasteiger partial charge in [-0.3, -0.25) is 23.5 Å². The first-order valence-electron chi connectivity index (χ1n) is 10.8. The van der Waals surface area contributed by atoms with E-state index in [-0.39, 0.29) is 19.0 Å². The summed E-state index contributed by atoms with van der Waals surface area (Å²) in [5.74, 6) is 2.09. The first kappa shape index (κ1) is 23.6. The largest absolute Gasteiger partial charge is 0.352 e. The lowest BCUT2D eigenvalue weighted by Crippen LogP contribution is -2.41. The quantitative estimate of drug-likeness (QED) is 0.274. The zero-order valence-corrected chi connectivity index (χ0v) is 19.2. The first-order valence-corrected chi connectivity index (χ1v) is 12.0.